The van der Waals surface area contributed by atoms with Crippen molar-refractivity contribution in [3.05, 3.63) is 54.1 Å². The summed E-state index contributed by atoms with van der Waals surface area (Å²) in [4.78, 5) is 26.1. The van der Waals surface area contributed by atoms with Crippen molar-refractivity contribution >= 4 is 17.5 Å². The van der Waals surface area contributed by atoms with Gasteiger partial charge in [0.25, 0.3) is 5.91 Å². The third-order valence-electron chi connectivity index (χ3n) is 5.69. The summed E-state index contributed by atoms with van der Waals surface area (Å²) >= 11 is 0. The SMILES string of the molecule is O=C(C[NH+]1CCC(C(=O)Nc2ccc3c(c2)OCO3)CC1)NCCc1ccccc1. The van der Waals surface area contributed by atoms with Crippen molar-refractivity contribution in [2.45, 2.75) is 19.3 Å². The number of ether oxygens (including phenoxy) is 2. The Hall–Kier alpha value is -3.06. The molecule has 0 aromatic heterocycles. The summed E-state index contributed by atoms with van der Waals surface area (Å²) < 4.78 is 10.7. The van der Waals surface area contributed by atoms with Crippen LogP contribution in [0.25, 0.3) is 0 Å². The van der Waals surface area contributed by atoms with Gasteiger partial charge in [-0.05, 0) is 24.1 Å². The van der Waals surface area contributed by atoms with E-state index in [-0.39, 0.29) is 24.5 Å². The molecule has 2 aliphatic rings. The van der Waals surface area contributed by atoms with Crippen LogP contribution in [0.3, 0.4) is 0 Å². The Bertz CT molecular complexity index is 879. The van der Waals surface area contributed by atoms with Crippen LogP contribution in [0.1, 0.15) is 18.4 Å². The lowest BCUT2D eigenvalue weighted by molar-refractivity contribution is -0.897. The summed E-state index contributed by atoms with van der Waals surface area (Å²) in [5.74, 6) is 1.43. The molecule has 0 radical (unpaired) electrons. The van der Waals surface area contributed by atoms with Crippen molar-refractivity contribution < 1.29 is 24.0 Å². The molecule has 30 heavy (non-hydrogen) atoms. The van der Waals surface area contributed by atoms with Gasteiger partial charge in [0.15, 0.2) is 18.0 Å². The van der Waals surface area contributed by atoms with Gasteiger partial charge in [0, 0.05) is 37.1 Å². The Kier molecular flexibility index (Phi) is 6.49. The van der Waals surface area contributed by atoms with E-state index in [2.05, 4.69) is 22.8 Å². The molecule has 0 bridgehead atoms. The van der Waals surface area contributed by atoms with Gasteiger partial charge in [0.1, 0.15) is 0 Å². The van der Waals surface area contributed by atoms with Gasteiger partial charge in [-0.3, -0.25) is 9.59 Å². The standard InChI is InChI=1S/C23H27N3O4/c27-22(24-11-8-17-4-2-1-3-5-17)15-26-12-9-18(10-13-26)23(28)25-19-6-7-20-21(14-19)30-16-29-20/h1-7,14,18H,8-13,15-16H2,(H,24,27)(H,25,28)/p+1. The average molecular weight is 410 g/mol. The minimum Gasteiger partial charge on any atom is -0.454 e. The molecule has 2 aromatic rings. The molecular formula is C23H28N3O4+. The van der Waals surface area contributed by atoms with Gasteiger partial charge >= 0.3 is 0 Å². The maximum absolute atomic E-state index is 12.6. The van der Waals surface area contributed by atoms with Gasteiger partial charge < -0.3 is 25.0 Å². The normalized spacial score (nSPS) is 19.9. The number of amides is 2. The van der Waals surface area contributed by atoms with Crippen LogP contribution >= 0.6 is 0 Å². The molecule has 2 amide bonds. The molecule has 4 rings (SSSR count). The Morgan fingerprint density at radius 2 is 1.77 bits per heavy atom. The number of benzene rings is 2. The summed E-state index contributed by atoms with van der Waals surface area (Å²) in [6.45, 7) is 2.98. The molecular weight excluding hydrogens is 382 g/mol. The highest BCUT2D eigenvalue weighted by molar-refractivity contribution is 5.93. The van der Waals surface area contributed by atoms with Crippen molar-refractivity contribution in [2.24, 2.45) is 5.92 Å². The monoisotopic (exact) mass is 410 g/mol. The van der Waals surface area contributed by atoms with E-state index in [1.165, 1.54) is 10.5 Å². The quantitative estimate of drug-likeness (QED) is 0.636. The molecule has 0 aliphatic carbocycles. The molecule has 158 valence electrons. The first-order valence-electron chi connectivity index (χ1n) is 10.5. The molecule has 2 aromatic carbocycles. The largest absolute Gasteiger partial charge is 0.454 e. The van der Waals surface area contributed by atoms with Gasteiger partial charge in [-0.1, -0.05) is 30.3 Å². The van der Waals surface area contributed by atoms with E-state index in [0.29, 0.717) is 24.6 Å². The maximum Gasteiger partial charge on any atom is 0.275 e. The van der Waals surface area contributed by atoms with Crippen molar-refractivity contribution in [1.82, 2.24) is 5.32 Å². The second kappa shape index (κ2) is 9.63. The van der Waals surface area contributed by atoms with Crippen molar-refractivity contribution in [3.63, 3.8) is 0 Å². The van der Waals surface area contributed by atoms with E-state index in [4.69, 9.17) is 9.47 Å². The lowest BCUT2D eigenvalue weighted by atomic mass is 9.95. The highest BCUT2D eigenvalue weighted by Crippen LogP contribution is 2.34. The van der Waals surface area contributed by atoms with Crippen LogP contribution < -0.4 is 25.0 Å². The van der Waals surface area contributed by atoms with Crippen molar-refractivity contribution in [3.8, 4) is 11.5 Å². The number of anilines is 1. The number of fused-ring (bicyclic) bond motifs is 1. The lowest BCUT2D eigenvalue weighted by Gasteiger charge is -2.28. The van der Waals surface area contributed by atoms with Gasteiger partial charge in [0.05, 0.1) is 13.1 Å². The number of quaternary nitrogens is 1. The first kappa shape index (κ1) is 20.2. The highest BCUT2D eigenvalue weighted by atomic mass is 16.7. The summed E-state index contributed by atoms with van der Waals surface area (Å²) in [7, 11) is 0. The topological polar surface area (TPSA) is 81.1 Å². The molecule has 7 nitrogen and oxygen atoms in total. The van der Waals surface area contributed by atoms with E-state index >= 15 is 0 Å². The number of carbonyl (C=O) groups excluding carboxylic acids is 2. The van der Waals surface area contributed by atoms with Gasteiger partial charge in [0.2, 0.25) is 12.7 Å². The third-order valence-corrected chi connectivity index (χ3v) is 5.69. The van der Waals surface area contributed by atoms with E-state index in [0.717, 1.165) is 38.0 Å². The minimum absolute atomic E-state index is 0.0275. The Balaban J connectivity index is 1.16. The smallest absolute Gasteiger partial charge is 0.275 e. The Labute approximate surface area is 176 Å². The number of nitrogens with one attached hydrogen (secondary N) is 3. The summed E-state index contributed by atoms with van der Waals surface area (Å²) in [6, 6.07) is 15.6. The first-order valence-corrected chi connectivity index (χ1v) is 10.5. The van der Waals surface area contributed by atoms with Gasteiger partial charge in [-0.15, -0.1) is 0 Å². The second-order valence-corrected chi connectivity index (χ2v) is 7.84. The molecule has 0 spiro atoms. The zero-order valence-electron chi connectivity index (χ0n) is 17.0. The number of rotatable bonds is 7. The van der Waals surface area contributed by atoms with Crippen LogP contribution in [0.4, 0.5) is 5.69 Å². The van der Waals surface area contributed by atoms with Crippen LogP contribution in [-0.4, -0.2) is 44.8 Å². The molecule has 2 aliphatic heterocycles. The van der Waals surface area contributed by atoms with Crippen LogP contribution in [-0.2, 0) is 16.0 Å². The van der Waals surface area contributed by atoms with Crippen molar-refractivity contribution in [2.75, 3.05) is 38.3 Å². The van der Waals surface area contributed by atoms with Crippen LogP contribution in [0.5, 0.6) is 11.5 Å². The molecule has 1 fully saturated rings. The number of piperidine rings is 1. The van der Waals surface area contributed by atoms with Gasteiger partial charge in [-0.2, -0.15) is 0 Å². The number of hydrogen-bond acceptors (Lipinski definition) is 4. The van der Waals surface area contributed by atoms with E-state index in [1.54, 1.807) is 12.1 Å². The summed E-state index contributed by atoms with van der Waals surface area (Å²) in [5.41, 5.74) is 1.94. The van der Waals surface area contributed by atoms with E-state index < -0.39 is 0 Å². The molecule has 2 heterocycles. The Morgan fingerprint density at radius 3 is 2.57 bits per heavy atom. The maximum atomic E-state index is 12.6. The number of carbonyl (C=O) groups is 2. The molecule has 1 saturated heterocycles. The fourth-order valence-electron chi connectivity index (χ4n) is 3.96. The highest BCUT2D eigenvalue weighted by Gasteiger charge is 2.28. The van der Waals surface area contributed by atoms with Crippen LogP contribution in [0.2, 0.25) is 0 Å². The molecule has 0 saturated carbocycles. The predicted molar refractivity (Wildman–Crippen MR) is 113 cm³/mol. The predicted octanol–water partition coefficient (Wildman–Crippen LogP) is 1.01. The summed E-state index contributed by atoms with van der Waals surface area (Å²) in [5, 5.41) is 5.98. The molecule has 7 heteroatoms. The molecule has 3 N–H and O–H groups in total. The van der Waals surface area contributed by atoms with Crippen LogP contribution in [0, 0.1) is 5.92 Å². The minimum atomic E-state index is -0.0275. The first-order chi connectivity index (χ1) is 14.7. The summed E-state index contributed by atoms with van der Waals surface area (Å²) in [6.07, 6.45) is 2.40. The fourth-order valence-corrected chi connectivity index (χ4v) is 3.96. The molecule has 0 atom stereocenters. The fraction of sp³-hybridized carbons (Fsp3) is 0.391. The van der Waals surface area contributed by atoms with E-state index in [1.807, 2.05) is 24.3 Å². The van der Waals surface area contributed by atoms with Crippen molar-refractivity contribution in [1.29, 1.82) is 0 Å². The Morgan fingerprint density at radius 1 is 1.00 bits per heavy atom. The zero-order valence-corrected chi connectivity index (χ0v) is 17.0. The van der Waals surface area contributed by atoms with Crippen LogP contribution in [0.15, 0.2) is 48.5 Å². The van der Waals surface area contributed by atoms with Gasteiger partial charge in [-0.25, -0.2) is 0 Å². The average Bonchev–Trinajstić information content (AvgIpc) is 3.23. The third kappa shape index (κ3) is 5.30. The molecule has 0 unspecified atom stereocenters. The van der Waals surface area contributed by atoms with E-state index in [9.17, 15) is 9.59 Å². The number of likely N-dealkylation sites (tertiary alicyclic amines) is 1. The lowest BCUT2D eigenvalue weighted by Crippen LogP contribution is -3.14. The zero-order chi connectivity index (χ0) is 20.8. The number of hydrogen-bond donors (Lipinski definition) is 3. The second-order valence-electron chi connectivity index (χ2n) is 7.84.